The van der Waals surface area contributed by atoms with Crippen LogP contribution in [0, 0.1) is 0 Å². The molecule has 2 aromatic carbocycles. The van der Waals surface area contributed by atoms with Gasteiger partial charge in [0.2, 0.25) is 0 Å². The van der Waals surface area contributed by atoms with Crippen molar-refractivity contribution in [3.63, 3.8) is 0 Å². The van der Waals surface area contributed by atoms with Crippen LogP contribution in [0.15, 0.2) is 60.7 Å². The molecule has 0 saturated heterocycles. The summed E-state index contributed by atoms with van der Waals surface area (Å²) in [5, 5.41) is 10.8. The smallest absolute Gasteiger partial charge is 0.380 e. The fourth-order valence-electron chi connectivity index (χ4n) is 1.95. The van der Waals surface area contributed by atoms with Gasteiger partial charge in [0.1, 0.15) is 5.60 Å². The molecule has 2 rings (SSSR count). The molecule has 0 unspecified atom stereocenters. The van der Waals surface area contributed by atoms with Crippen molar-refractivity contribution in [1.82, 2.24) is 0 Å². The molecule has 5 heteroatoms. The van der Waals surface area contributed by atoms with Crippen molar-refractivity contribution in [2.75, 3.05) is 5.75 Å². The summed E-state index contributed by atoms with van der Waals surface area (Å²) in [6, 6.07) is 16.8. The zero-order chi connectivity index (χ0) is 14.6. The molecule has 0 spiro atoms. The number of hydrogen-bond acceptors (Lipinski definition) is 2. The molecule has 0 radical (unpaired) electrons. The van der Waals surface area contributed by atoms with Gasteiger partial charge in [0.05, 0.1) is 0 Å². The lowest BCUT2D eigenvalue weighted by molar-refractivity contribution is -0.0341. The van der Waals surface area contributed by atoms with Gasteiger partial charge in [0.15, 0.2) is 0 Å². The molecule has 0 atom stereocenters. The monoisotopic (exact) mass is 298 g/mol. The van der Waals surface area contributed by atoms with Gasteiger partial charge < -0.3 is 5.11 Å². The Bertz CT molecular complexity index is 501. The van der Waals surface area contributed by atoms with Crippen LogP contribution in [0.4, 0.5) is 13.2 Å². The zero-order valence-electron chi connectivity index (χ0n) is 10.5. The van der Waals surface area contributed by atoms with Crippen molar-refractivity contribution in [2.45, 2.75) is 11.1 Å². The third kappa shape index (κ3) is 3.55. The molecule has 0 aliphatic rings. The van der Waals surface area contributed by atoms with E-state index in [0.717, 1.165) is 0 Å². The molecule has 0 aliphatic carbocycles. The first-order valence-corrected chi connectivity index (χ1v) is 6.94. The molecule has 1 N–H and O–H groups in total. The van der Waals surface area contributed by atoms with Gasteiger partial charge in [-0.15, -0.1) is 0 Å². The highest BCUT2D eigenvalue weighted by molar-refractivity contribution is 8.00. The van der Waals surface area contributed by atoms with E-state index >= 15 is 0 Å². The SMILES string of the molecule is OC(CSC(F)(F)F)(c1ccccc1)c1ccccc1. The standard InChI is InChI=1S/C15H13F3OS/c16-15(17,18)20-11-14(19,12-7-3-1-4-8-12)13-9-5-2-6-10-13/h1-10,19H,11H2. The highest BCUT2D eigenvalue weighted by atomic mass is 32.2. The predicted octanol–water partition coefficient (Wildman–Crippen LogP) is 4.18. The van der Waals surface area contributed by atoms with Crippen LogP contribution in [-0.4, -0.2) is 16.4 Å². The Morgan fingerprint density at radius 1 is 0.800 bits per heavy atom. The van der Waals surface area contributed by atoms with Crippen LogP contribution >= 0.6 is 11.8 Å². The topological polar surface area (TPSA) is 20.2 Å². The van der Waals surface area contributed by atoms with Crippen molar-refractivity contribution in [1.29, 1.82) is 0 Å². The van der Waals surface area contributed by atoms with Crippen LogP contribution < -0.4 is 0 Å². The van der Waals surface area contributed by atoms with Crippen molar-refractivity contribution >= 4 is 11.8 Å². The summed E-state index contributed by atoms with van der Waals surface area (Å²) in [6.45, 7) is 0. The Balaban J connectivity index is 2.39. The number of hydrogen-bond donors (Lipinski definition) is 1. The molecular formula is C15H13F3OS. The Kier molecular flexibility index (Phi) is 4.40. The summed E-state index contributed by atoms with van der Waals surface area (Å²) >= 11 is -0.220. The maximum Gasteiger partial charge on any atom is 0.441 e. The number of halogens is 3. The Morgan fingerprint density at radius 3 is 1.55 bits per heavy atom. The maximum absolute atomic E-state index is 12.5. The molecule has 0 heterocycles. The molecule has 0 aromatic heterocycles. The first-order chi connectivity index (χ1) is 9.42. The molecule has 1 nitrogen and oxygen atoms in total. The number of thioether (sulfide) groups is 1. The van der Waals surface area contributed by atoms with E-state index in [9.17, 15) is 18.3 Å². The number of alkyl halides is 3. The van der Waals surface area contributed by atoms with Crippen LogP contribution in [-0.2, 0) is 5.60 Å². The van der Waals surface area contributed by atoms with E-state index in [0.29, 0.717) is 11.1 Å². The second kappa shape index (κ2) is 5.89. The van der Waals surface area contributed by atoms with Crippen LogP contribution in [0.3, 0.4) is 0 Å². The van der Waals surface area contributed by atoms with Gasteiger partial charge in [0.25, 0.3) is 0 Å². The summed E-state index contributed by atoms with van der Waals surface area (Å²) in [5.41, 5.74) is -5.15. The highest BCUT2D eigenvalue weighted by Gasteiger charge is 2.38. The third-order valence-electron chi connectivity index (χ3n) is 2.95. The lowest BCUT2D eigenvalue weighted by Gasteiger charge is -2.29. The summed E-state index contributed by atoms with van der Waals surface area (Å²) < 4.78 is 37.4. The average molecular weight is 298 g/mol. The summed E-state index contributed by atoms with van der Waals surface area (Å²) in [5.74, 6) is -0.482. The zero-order valence-corrected chi connectivity index (χ0v) is 11.3. The normalized spacial score (nSPS) is 12.4. The predicted molar refractivity (Wildman–Crippen MR) is 74.4 cm³/mol. The summed E-state index contributed by atoms with van der Waals surface area (Å²) in [4.78, 5) is 0. The van der Waals surface area contributed by atoms with E-state index in [1.807, 2.05) is 0 Å². The van der Waals surface area contributed by atoms with Crippen LogP contribution in [0.2, 0.25) is 0 Å². The van der Waals surface area contributed by atoms with Gasteiger partial charge in [-0.1, -0.05) is 60.7 Å². The second-order valence-electron chi connectivity index (χ2n) is 4.33. The van der Waals surface area contributed by atoms with E-state index in [4.69, 9.17) is 0 Å². The Morgan fingerprint density at radius 2 is 1.20 bits per heavy atom. The van der Waals surface area contributed by atoms with E-state index in [2.05, 4.69) is 0 Å². The van der Waals surface area contributed by atoms with E-state index < -0.39 is 16.9 Å². The minimum absolute atomic E-state index is 0.220. The lowest BCUT2D eigenvalue weighted by atomic mass is 9.88. The average Bonchev–Trinajstić information content (AvgIpc) is 2.46. The Hall–Kier alpha value is -1.46. The quantitative estimate of drug-likeness (QED) is 0.914. The van der Waals surface area contributed by atoms with Gasteiger partial charge in [-0.25, -0.2) is 0 Å². The van der Waals surface area contributed by atoms with Crippen LogP contribution in [0.25, 0.3) is 0 Å². The van der Waals surface area contributed by atoms with Gasteiger partial charge in [-0.05, 0) is 22.9 Å². The van der Waals surface area contributed by atoms with E-state index in [1.54, 1.807) is 60.7 Å². The molecule has 2 aromatic rings. The number of benzene rings is 2. The first kappa shape index (κ1) is 14.9. The third-order valence-corrected chi connectivity index (χ3v) is 3.84. The van der Waals surface area contributed by atoms with Gasteiger partial charge >= 0.3 is 5.51 Å². The molecule has 0 aliphatic heterocycles. The molecule has 0 saturated carbocycles. The van der Waals surface area contributed by atoms with Crippen molar-refractivity contribution < 1.29 is 18.3 Å². The first-order valence-electron chi connectivity index (χ1n) is 5.96. The second-order valence-corrected chi connectivity index (χ2v) is 5.37. The molecule has 0 fully saturated rings. The van der Waals surface area contributed by atoms with Gasteiger partial charge in [-0.3, -0.25) is 0 Å². The fourth-order valence-corrected chi connectivity index (χ4v) is 2.65. The molecule has 20 heavy (non-hydrogen) atoms. The van der Waals surface area contributed by atoms with E-state index in [-0.39, 0.29) is 11.8 Å². The van der Waals surface area contributed by atoms with Crippen molar-refractivity contribution in [3.05, 3.63) is 71.8 Å². The number of aliphatic hydroxyl groups is 1. The minimum Gasteiger partial charge on any atom is -0.380 e. The maximum atomic E-state index is 12.5. The molecule has 106 valence electrons. The highest BCUT2D eigenvalue weighted by Crippen LogP contribution is 2.39. The minimum atomic E-state index is -4.38. The van der Waals surface area contributed by atoms with Crippen LogP contribution in [0.5, 0.6) is 0 Å². The van der Waals surface area contributed by atoms with Gasteiger partial charge in [-0.2, -0.15) is 13.2 Å². The van der Waals surface area contributed by atoms with Crippen molar-refractivity contribution in [3.8, 4) is 0 Å². The largest absolute Gasteiger partial charge is 0.441 e. The molecule has 0 bridgehead atoms. The van der Waals surface area contributed by atoms with Crippen molar-refractivity contribution in [2.24, 2.45) is 0 Å². The van der Waals surface area contributed by atoms with Gasteiger partial charge in [0, 0.05) is 5.75 Å². The van der Waals surface area contributed by atoms with Crippen LogP contribution in [0.1, 0.15) is 11.1 Å². The molecule has 0 amide bonds. The summed E-state index contributed by atoms with van der Waals surface area (Å²) in [7, 11) is 0. The summed E-state index contributed by atoms with van der Waals surface area (Å²) in [6.07, 6.45) is 0. The van der Waals surface area contributed by atoms with E-state index in [1.165, 1.54) is 0 Å². The molecular weight excluding hydrogens is 285 g/mol. The Labute approximate surface area is 119 Å². The number of rotatable bonds is 4. The fraction of sp³-hybridized carbons (Fsp3) is 0.200. The lowest BCUT2D eigenvalue weighted by Crippen LogP contribution is -2.31.